The Morgan fingerprint density at radius 3 is 0.960 bits per heavy atom. The zero-order valence-corrected chi connectivity index (χ0v) is 18.3. The molecule has 2 aromatic rings. The van der Waals surface area contributed by atoms with E-state index in [1.165, 1.54) is 11.1 Å². The minimum atomic E-state index is 0.177. The lowest BCUT2D eigenvalue weighted by Gasteiger charge is -2.20. The van der Waals surface area contributed by atoms with Gasteiger partial charge in [-0.3, -0.25) is 0 Å². The molecule has 0 heterocycles. The van der Waals surface area contributed by atoms with Gasteiger partial charge in [0, 0.05) is 0 Å². The van der Waals surface area contributed by atoms with Crippen LogP contribution in [0.15, 0.2) is 24.3 Å². The maximum absolute atomic E-state index is 2.47. The summed E-state index contributed by atoms with van der Waals surface area (Å²) in [5.74, 6) is 0. The molecular formula is C24H35Si. The van der Waals surface area contributed by atoms with Gasteiger partial charge in [0.1, 0.15) is 9.52 Å². The fourth-order valence-electron chi connectivity index (χ4n) is 3.80. The molecule has 0 spiro atoms. The molecule has 25 heavy (non-hydrogen) atoms. The standard InChI is InChI=1S/C24H35Si/c1-7-17-13-19(9-3)23(20(10-4)14-17)25-24-21(11-5)15-18(8-2)16-22(24)12-6/h13-16,25H,7-12H2,1-6H3. The molecule has 0 saturated carbocycles. The zero-order valence-electron chi connectivity index (χ0n) is 17.1. The van der Waals surface area contributed by atoms with Crippen molar-refractivity contribution in [1.82, 2.24) is 0 Å². The lowest BCUT2D eigenvalue weighted by Crippen LogP contribution is -2.37. The third kappa shape index (κ3) is 4.44. The molecule has 0 aliphatic carbocycles. The lowest BCUT2D eigenvalue weighted by atomic mass is 10.0. The number of aryl methyl sites for hydroxylation is 6. The van der Waals surface area contributed by atoms with E-state index in [9.17, 15) is 0 Å². The van der Waals surface area contributed by atoms with Crippen LogP contribution in [0.1, 0.15) is 74.9 Å². The highest BCUT2D eigenvalue weighted by atomic mass is 28.2. The summed E-state index contributed by atoms with van der Waals surface area (Å²) in [6, 6.07) is 9.89. The Labute approximate surface area is 157 Å². The van der Waals surface area contributed by atoms with Crippen LogP contribution in [0.2, 0.25) is 0 Å². The summed E-state index contributed by atoms with van der Waals surface area (Å²) in [4.78, 5) is 0. The number of hydrogen-bond acceptors (Lipinski definition) is 0. The second-order valence-corrected chi connectivity index (χ2v) is 8.36. The molecule has 0 amide bonds. The summed E-state index contributed by atoms with van der Waals surface area (Å²) in [6.45, 7) is 13.8. The van der Waals surface area contributed by atoms with E-state index >= 15 is 0 Å². The number of rotatable bonds is 8. The highest BCUT2D eigenvalue weighted by molar-refractivity contribution is 6.69. The first-order chi connectivity index (χ1) is 12.1. The third-order valence-corrected chi connectivity index (χ3v) is 7.51. The summed E-state index contributed by atoms with van der Waals surface area (Å²) in [5, 5.41) is 3.35. The predicted octanol–water partition coefficient (Wildman–Crippen LogP) is 4.45. The Bertz CT molecular complexity index is 601. The van der Waals surface area contributed by atoms with Crippen molar-refractivity contribution in [2.45, 2.75) is 80.1 Å². The van der Waals surface area contributed by atoms with Gasteiger partial charge in [-0.25, -0.2) is 0 Å². The predicted molar refractivity (Wildman–Crippen MR) is 116 cm³/mol. The van der Waals surface area contributed by atoms with Gasteiger partial charge in [-0.15, -0.1) is 0 Å². The Hall–Kier alpha value is -1.34. The summed E-state index contributed by atoms with van der Waals surface area (Å²) >= 11 is 0. The molecule has 1 heteroatoms. The fourth-order valence-corrected chi connectivity index (χ4v) is 5.98. The van der Waals surface area contributed by atoms with Gasteiger partial charge in [-0.2, -0.15) is 0 Å². The molecule has 0 bridgehead atoms. The molecule has 0 unspecified atom stereocenters. The average molecular weight is 352 g/mol. The average Bonchev–Trinajstić information content (AvgIpc) is 2.67. The van der Waals surface area contributed by atoms with Crippen LogP contribution in [-0.2, 0) is 38.5 Å². The molecule has 0 aliphatic heterocycles. The van der Waals surface area contributed by atoms with E-state index in [1.807, 2.05) is 0 Å². The Balaban J connectivity index is 2.59. The van der Waals surface area contributed by atoms with Crippen molar-refractivity contribution < 1.29 is 0 Å². The molecule has 135 valence electrons. The van der Waals surface area contributed by atoms with E-state index in [0.717, 1.165) is 38.5 Å². The molecule has 2 rings (SSSR count). The summed E-state index contributed by atoms with van der Waals surface area (Å²) in [6.07, 6.45) is 6.89. The van der Waals surface area contributed by atoms with E-state index in [2.05, 4.69) is 65.8 Å². The van der Waals surface area contributed by atoms with E-state index in [-0.39, 0.29) is 9.52 Å². The van der Waals surface area contributed by atoms with E-state index < -0.39 is 0 Å². The fraction of sp³-hybridized carbons (Fsp3) is 0.500. The largest absolute Gasteiger partial charge is 0.105 e. The molecule has 0 nitrogen and oxygen atoms in total. The van der Waals surface area contributed by atoms with E-state index in [0.29, 0.717) is 0 Å². The first kappa shape index (κ1) is 20.0. The van der Waals surface area contributed by atoms with E-state index in [1.54, 1.807) is 32.6 Å². The van der Waals surface area contributed by atoms with Crippen molar-refractivity contribution in [2.24, 2.45) is 0 Å². The van der Waals surface area contributed by atoms with Crippen molar-refractivity contribution in [1.29, 1.82) is 0 Å². The summed E-state index contributed by atoms with van der Waals surface area (Å²) < 4.78 is 0. The van der Waals surface area contributed by atoms with Crippen LogP contribution >= 0.6 is 0 Å². The van der Waals surface area contributed by atoms with E-state index in [4.69, 9.17) is 0 Å². The maximum atomic E-state index is 2.47. The Morgan fingerprint density at radius 2 is 0.760 bits per heavy atom. The minimum absolute atomic E-state index is 0.177. The molecule has 0 aromatic heterocycles. The van der Waals surface area contributed by atoms with Gasteiger partial charge < -0.3 is 0 Å². The number of hydrogen-bond donors (Lipinski definition) is 0. The summed E-state index contributed by atoms with van der Waals surface area (Å²) in [7, 11) is 0.177. The van der Waals surface area contributed by atoms with Gasteiger partial charge in [0.05, 0.1) is 0 Å². The molecule has 0 fully saturated rings. The highest BCUT2D eigenvalue weighted by Crippen LogP contribution is 2.14. The van der Waals surface area contributed by atoms with Crippen LogP contribution in [0.5, 0.6) is 0 Å². The quantitative estimate of drug-likeness (QED) is 0.617. The topological polar surface area (TPSA) is 0 Å². The lowest BCUT2D eigenvalue weighted by molar-refractivity contribution is 1.05. The van der Waals surface area contributed by atoms with Crippen molar-refractivity contribution >= 4 is 19.9 Å². The molecule has 0 atom stereocenters. The smallest absolute Gasteiger partial charge is 0.0613 e. The van der Waals surface area contributed by atoms with Crippen LogP contribution in [0.3, 0.4) is 0 Å². The van der Waals surface area contributed by atoms with Crippen molar-refractivity contribution in [3.05, 3.63) is 57.6 Å². The Kier molecular flexibility index (Phi) is 7.50. The molecule has 1 radical (unpaired) electrons. The summed E-state index contributed by atoms with van der Waals surface area (Å²) in [5.41, 5.74) is 9.38. The SMILES string of the molecule is CCc1cc(CC)c([SiH]c2c(CC)cc(CC)cc2CC)c(CC)c1. The second-order valence-electron chi connectivity index (χ2n) is 6.92. The molecule has 0 N–H and O–H groups in total. The molecule has 0 aliphatic rings. The van der Waals surface area contributed by atoms with Crippen LogP contribution in [-0.4, -0.2) is 9.52 Å². The van der Waals surface area contributed by atoms with Crippen molar-refractivity contribution in [2.75, 3.05) is 0 Å². The van der Waals surface area contributed by atoms with Crippen LogP contribution in [0, 0.1) is 0 Å². The van der Waals surface area contributed by atoms with Crippen molar-refractivity contribution in [3.63, 3.8) is 0 Å². The van der Waals surface area contributed by atoms with Gasteiger partial charge in [-0.1, -0.05) is 76.2 Å². The van der Waals surface area contributed by atoms with Gasteiger partial charge in [0.15, 0.2) is 0 Å². The second kappa shape index (κ2) is 9.38. The van der Waals surface area contributed by atoms with Crippen LogP contribution in [0.25, 0.3) is 0 Å². The van der Waals surface area contributed by atoms with Gasteiger partial charge in [0.25, 0.3) is 0 Å². The molecular weight excluding hydrogens is 316 g/mol. The van der Waals surface area contributed by atoms with Gasteiger partial charge in [-0.05, 0) is 71.9 Å². The van der Waals surface area contributed by atoms with Crippen LogP contribution < -0.4 is 10.4 Å². The first-order valence-electron chi connectivity index (χ1n) is 10.3. The Morgan fingerprint density at radius 1 is 0.480 bits per heavy atom. The van der Waals surface area contributed by atoms with Gasteiger partial charge >= 0.3 is 0 Å². The molecule has 2 aromatic carbocycles. The van der Waals surface area contributed by atoms with Gasteiger partial charge in [0.2, 0.25) is 0 Å². The first-order valence-corrected chi connectivity index (χ1v) is 11.4. The monoisotopic (exact) mass is 351 g/mol. The van der Waals surface area contributed by atoms with Crippen LogP contribution in [0.4, 0.5) is 0 Å². The minimum Gasteiger partial charge on any atom is -0.0613 e. The maximum Gasteiger partial charge on any atom is 0.105 e. The zero-order chi connectivity index (χ0) is 18.4. The molecule has 0 saturated heterocycles. The third-order valence-electron chi connectivity index (χ3n) is 5.45. The normalized spacial score (nSPS) is 11.1. The highest BCUT2D eigenvalue weighted by Gasteiger charge is 2.15. The van der Waals surface area contributed by atoms with Crippen molar-refractivity contribution in [3.8, 4) is 0 Å². The number of benzene rings is 2.